The average molecular weight is 385 g/mol. The zero-order valence-electron chi connectivity index (χ0n) is 14.4. The normalized spacial score (nSPS) is 10.4. The topological polar surface area (TPSA) is 73.2 Å². The molecule has 0 aliphatic rings. The molecule has 3 aromatic rings. The zero-order valence-corrected chi connectivity index (χ0v) is 15.2. The lowest BCUT2D eigenvalue weighted by molar-refractivity contribution is -0.113. The lowest BCUT2D eigenvalue weighted by Gasteiger charge is -2.08. The summed E-state index contributed by atoms with van der Waals surface area (Å²) in [7, 11) is 1.54. The van der Waals surface area contributed by atoms with E-state index in [-0.39, 0.29) is 16.7 Å². The number of halogens is 1. The van der Waals surface area contributed by atoms with Crippen LogP contribution in [0.4, 0.5) is 10.1 Å². The molecule has 6 nitrogen and oxygen atoms in total. The van der Waals surface area contributed by atoms with Crippen LogP contribution < -0.4 is 15.6 Å². The fraction of sp³-hybridized carbons (Fsp3) is 0.105. The lowest BCUT2D eigenvalue weighted by Crippen LogP contribution is -2.22. The molecule has 1 heterocycles. The molecule has 0 bridgehead atoms. The Bertz CT molecular complexity index is 1020. The molecule has 8 heteroatoms. The summed E-state index contributed by atoms with van der Waals surface area (Å²) < 4.78 is 19.8. The highest BCUT2D eigenvalue weighted by molar-refractivity contribution is 7.99. The van der Waals surface area contributed by atoms with Crippen molar-refractivity contribution in [3.63, 3.8) is 0 Å². The Kier molecular flexibility index (Phi) is 5.87. The van der Waals surface area contributed by atoms with Crippen molar-refractivity contribution in [2.45, 2.75) is 5.03 Å². The molecule has 0 spiro atoms. The Morgan fingerprint density at radius 2 is 2.07 bits per heavy atom. The summed E-state index contributed by atoms with van der Waals surface area (Å²) in [5.41, 5.74) is 0.575. The first-order chi connectivity index (χ1) is 13.1. The molecule has 0 saturated heterocycles. The predicted octanol–water partition coefficient (Wildman–Crippen LogP) is 3.11. The van der Waals surface area contributed by atoms with Gasteiger partial charge in [-0.3, -0.25) is 14.2 Å². The SMILES string of the molecule is COc1cccc(NC(=O)CSc2nccn(-c3cccc(F)c3)c2=O)c1. The van der Waals surface area contributed by atoms with Crippen molar-refractivity contribution in [3.8, 4) is 11.4 Å². The second-order valence-electron chi connectivity index (χ2n) is 5.46. The zero-order chi connectivity index (χ0) is 19.2. The molecule has 27 heavy (non-hydrogen) atoms. The molecule has 0 saturated carbocycles. The van der Waals surface area contributed by atoms with E-state index in [1.165, 1.54) is 35.2 Å². The number of anilines is 1. The standard InChI is InChI=1S/C19H16FN3O3S/c1-26-16-7-3-5-14(11-16)22-17(24)12-27-18-19(25)23(9-8-21-18)15-6-2-4-13(20)10-15/h2-11H,12H2,1H3,(H,22,24). The minimum Gasteiger partial charge on any atom is -0.497 e. The number of aromatic nitrogens is 2. The van der Waals surface area contributed by atoms with Gasteiger partial charge in [-0.25, -0.2) is 9.37 Å². The van der Waals surface area contributed by atoms with E-state index in [0.717, 1.165) is 11.8 Å². The van der Waals surface area contributed by atoms with E-state index >= 15 is 0 Å². The average Bonchev–Trinajstić information content (AvgIpc) is 2.67. The van der Waals surface area contributed by atoms with Gasteiger partial charge < -0.3 is 10.1 Å². The van der Waals surface area contributed by atoms with E-state index in [1.807, 2.05) is 0 Å². The van der Waals surface area contributed by atoms with Gasteiger partial charge >= 0.3 is 0 Å². The molecule has 0 atom stereocenters. The number of carbonyl (C=O) groups is 1. The van der Waals surface area contributed by atoms with Crippen LogP contribution in [0.2, 0.25) is 0 Å². The number of rotatable bonds is 6. The molecule has 0 aliphatic heterocycles. The number of ether oxygens (including phenoxy) is 1. The number of carbonyl (C=O) groups excluding carboxylic acids is 1. The predicted molar refractivity (Wildman–Crippen MR) is 102 cm³/mol. The molecular weight excluding hydrogens is 369 g/mol. The third-order valence-electron chi connectivity index (χ3n) is 3.59. The van der Waals surface area contributed by atoms with Crippen molar-refractivity contribution in [3.05, 3.63) is 77.1 Å². The van der Waals surface area contributed by atoms with Crippen molar-refractivity contribution in [2.24, 2.45) is 0 Å². The van der Waals surface area contributed by atoms with E-state index in [9.17, 15) is 14.0 Å². The molecule has 1 N–H and O–H groups in total. The van der Waals surface area contributed by atoms with Crippen LogP contribution in [0.5, 0.6) is 5.75 Å². The van der Waals surface area contributed by atoms with Crippen LogP contribution in [-0.2, 0) is 4.79 Å². The molecular formula is C19H16FN3O3S. The number of benzene rings is 2. The fourth-order valence-corrected chi connectivity index (χ4v) is 3.05. The highest BCUT2D eigenvalue weighted by Gasteiger charge is 2.11. The smallest absolute Gasteiger partial charge is 0.287 e. The van der Waals surface area contributed by atoms with Gasteiger partial charge in [-0.15, -0.1) is 0 Å². The molecule has 0 radical (unpaired) electrons. The van der Waals surface area contributed by atoms with Crippen molar-refractivity contribution in [2.75, 3.05) is 18.2 Å². The Labute approximate surface area is 159 Å². The summed E-state index contributed by atoms with van der Waals surface area (Å²) in [5.74, 6) is -0.0889. The van der Waals surface area contributed by atoms with E-state index in [0.29, 0.717) is 17.1 Å². The van der Waals surface area contributed by atoms with Gasteiger partial charge in [0.05, 0.1) is 18.6 Å². The maximum atomic E-state index is 13.4. The molecule has 0 unspecified atom stereocenters. The first-order valence-electron chi connectivity index (χ1n) is 7.97. The van der Waals surface area contributed by atoms with Crippen LogP contribution in [0, 0.1) is 5.82 Å². The van der Waals surface area contributed by atoms with E-state index in [4.69, 9.17) is 4.74 Å². The van der Waals surface area contributed by atoms with Gasteiger partial charge in [-0.05, 0) is 30.3 Å². The summed E-state index contributed by atoms with van der Waals surface area (Å²) >= 11 is 1.02. The summed E-state index contributed by atoms with van der Waals surface area (Å²) in [6.45, 7) is 0. The van der Waals surface area contributed by atoms with Gasteiger partial charge in [-0.1, -0.05) is 23.9 Å². The van der Waals surface area contributed by atoms with Crippen LogP contribution in [-0.4, -0.2) is 28.3 Å². The third-order valence-corrected chi connectivity index (χ3v) is 4.55. The second kappa shape index (κ2) is 8.50. The van der Waals surface area contributed by atoms with Crippen LogP contribution in [0.3, 0.4) is 0 Å². The van der Waals surface area contributed by atoms with Crippen LogP contribution in [0.25, 0.3) is 5.69 Å². The van der Waals surface area contributed by atoms with Gasteiger partial charge in [0.15, 0.2) is 5.03 Å². The van der Waals surface area contributed by atoms with E-state index < -0.39 is 11.4 Å². The Balaban J connectivity index is 1.70. The highest BCUT2D eigenvalue weighted by atomic mass is 32.2. The van der Waals surface area contributed by atoms with Crippen LogP contribution in [0.1, 0.15) is 0 Å². The fourth-order valence-electron chi connectivity index (χ4n) is 2.35. The maximum Gasteiger partial charge on any atom is 0.287 e. The molecule has 138 valence electrons. The van der Waals surface area contributed by atoms with Gasteiger partial charge in [0.1, 0.15) is 11.6 Å². The second-order valence-corrected chi connectivity index (χ2v) is 6.42. The number of amides is 1. The minimum atomic E-state index is -0.442. The lowest BCUT2D eigenvalue weighted by atomic mass is 10.3. The Hall–Kier alpha value is -3.13. The van der Waals surface area contributed by atoms with Gasteiger partial charge in [0.25, 0.3) is 5.56 Å². The van der Waals surface area contributed by atoms with Gasteiger partial charge in [0.2, 0.25) is 5.91 Å². The third kappa shape index (κ3) is 4.73. The Morgan fingerprint density at radius 1 is 1.26 bits per heavy atom. The maximum absolute atomic E-state index is 13.4. The van der Waals surface area contributed by atoms with Crippen molar-refractivity contribution in [1.82, 2.24) is 9.55 Å². The van der Waals surface area contributed by atoms with Crippen LogP contribution in [0.15, 0.2) is 70.7 Å². The largest absolute Gasteiger partial charge is 0.497 e. The first-order valence-corrected chi connectivity index (χ1v) is 8.95. The quantitative estimate of drug-likeness (QED) is 0.660. The number of nitrogens with one attached hydrogen (secondary N) is 1. The highest BCUT2D eigenvalue weighted by Crippen LogP contribution is 2.18. The molecule has 1 amide bonds. The number of methoxy groups -OCH3 is 1. The summed E-state index contributed by atoms with van der Waals surface area (Å²) in [6.07, 6.45) is 2.89. The minimum absolute atomic E-state index is 0.00656. The number of thioether (sulfide) groups is 1. The van der Waals surface area contributed by atoms with E-state index in [1.54, 1.807) is 37.4 Å². The molecule has 2 aromatic carbocycles. The Morgan fingerprint density at radius 3 is 2.85 bits per heavy atom. The molecule has 0 aliphatic carbocycles. The number of hydrogen-bond donors (Lipinski definition) is 1. The van der Waals surface area contributed by atoms with E-state index in [2.05, 4.69) is 10.3 Å². The summed E-state index contributed by atoms with van der Waals surface area (Å²) in [4.78, 5) is 28.7. The first kappa shape index (κ1) is 18.7. The molecule has 0 fully saturated rings. The molecule has 1 aromatic heterocycles. The van der Waals surface area contributed by atoms with Crippen molar-refractivity contribution in [1.29, 1.82) is 0 Å². The summed E-state index contributed by atoms with van der Waals surface area (Å²) in [6, 6.07) is 12.7. The molecule has 3 rings (SSSR count). The summed E-state index contributed by atoms with van der Waals surface area (Å²) in [5, 5.41) is 2.89. The van der Waals surface area contributed by atoms with Crippen molar-refractivity contribution < 1.29 is 13.9 Å². The monoisotopic (exact) mass is 385 g/mol. The number of hydrogen-bond acceptors (Lipinski definition) is 5. The van der Waals surface area contributed by atoms with Gasteiger partial charge in [0, 0.05) is 24.1 Å². The number of nitrogens with zero attached hydrogens (tertiary/aromatic N) is 2. The van der Waals surface area contributed by atoms with Gasteiger partial charge in [-0.2, -0.15) is 0 Å². The van der Waals surface area contributed by atoms with Crippen LogP contribution >= 0.6 is 11.8 Å². The van der Waals surface area contributed by atoms with Crippen molar-refractivity contribution >= 4 is 23.4 Å².